The van der Waals surface area contributed by atoms with E-state index in [1.54, 1.807) is 28.9 Å². The van der Waals surface area contributed by atoms with Crippen molar-refractivity contribution < 1.29 is 14.3 Å². The summed E-state index contributed by atoms with van der Waals surface area (Å²) in [4.78, 5) is 29.3. The number of carbonyl (C=O) groups excluding carboxylic acids is 2. The number of hydrogen-bond donors (Lipinski definition) is 2. The Morgan fingerprint density at radius 3 is 2.53 bits per heavy atom. The van der Waals surface area contributed by atoms with Crippen LogP contribution in [0.15, 0.2) is 66.1 Å². The lowest BCUT2D eigenvalue weighted by Gasteiger charge is -2.29. The summed E-state index contributed by atoms with van der Waals surface area (Å²) >= 11 is 0. The number of methoxy groups -OCH3 is 1. The second kappa shape index (κ2) is 7.82. The lowest BCUT2D eigenvalue weighted by molar-refractivity contribution is -0.113. The van der Waals surface area contributed by atoms with Gasteiger partial charge in [0.15, 0.2) is 0 Å². The molecule has 1 atom stereocenters. The smallest absolute Gasteiger partial charge is 0.337 e. The molecule has 3 aromatic rings. The monoisotopic (exact) mass is 403 g/mol. The second-order valence-corrected chi connectivity index (χ2v) is 6.98. The average Bonchev–Trinajstić information content (AvgIpc) is 3.22. The molecule has 30 heavy (non-hydrogen) atoms. The maximum Gasteiger partial charge on any atom is 0.337 e. The van der Waals surface area contributed by atoms with E-state index in [0.29, 0.717) is 22.8 Å². The molecular weight excluding hydrogens is 382 g/mol. The fourth-order valence-electron chi connectivity index (χ4n) is 3.52. The molecule has 0 bridgehead atoms. The van der Waals surface area contributed by atoms with Crippen molar-refractivity contribution in [3.05, 3.63) is 82.8 Å². The van der Waals surface area contributed by atoms with Gasteiger partial charge in [0.1, 0.15) is 12.4 Å². The number of allylic oxidation sites excluding steroid dienone is 1. The van der Waals surface area contributed by atoms with Crippen LogP contribution in [0, 0.1) is 6.92 Å². The van der Waals surface area contributed by atoms with Crippen molar-refractivity contribution in [2.24, 2.45) is 0 Å². The van der Waals surface area contributed by atoms with E-state index in [1.165, 1.54) is 13.4 Å². The molecule has 0 saturated heterocycles. The molecule has 1 aliphatic heterocycles. The van der Waals surface area contributed by atoms with Gasteiger partial charge in [0.05, 0.1) is 18.2 Å². The molecule has 2 heterocycles. The summed E-state index contributed by atoms with van der Waals surface area (Å²) in [7, 11) is 1.34. The molecule has 8 heteroatoms. The molecule has 2 N–H and O–H groups in total. The van der Waals surface area contributed by atoms with Crippen LogP contribution >= 0.6 is 0 Å². The summed E-state index contributed by atoms with van der Waals surface area (Å²) in [5.41, 5.74) is 4.14. The zero-order valence-corrected chi connectivity index (χ0v) is 16.8. The van der Waals surface area contributed by atoms with Crippen molar-refractivity contribution in [3.8, 4) is 0 Å². The minimum atomic E-state index is -0.500. The molecule has 1 amide bonds. The summed E-state index contributed by atoms with van der Waals surface area (Å²) in [6, 6.07) is 14.0. The Labute approximate surface area is 173 Å². The molecule has 0 unspecified atom stereocenters. The standard InChI is InChI=1S/C22H21N5O3/c1-13-6-4-5-7-17(13)26-20(28)18-14(2)25-22-23-12-24-27(22)19(18)15-8-10-16(11-9-15)21(29)30-3/h4-12,19H,1-3H3,(H,26,28)(H,23,24,25)/t19-/m1/s1. The second-order valence-electron chi connectivity index (χ2n) is 6.98. The Balaban J connectivity index is 1.75. The first-order valence-corrected chi connectivity index (χ1v) is 9.42. The molecule has 1 aromatic heterocycles. The molecule has 0 aliphatic carbocycles. The fourth-order valence-corrected chi connectivity index (χ4v) is 3.52. The highest BCUT2D eigenvalue weighted by molar-refractivity contribution is 6.06. The summed E-state index contributed by atoms with van der Waals surface area (Å²) in [5.74, 6) is -0.114. The third-order valence-corrected chi connectivity index (χ3v) is 5.08. The van der Waals surface area contributed by atoms with Gasteiger partial charge in [-0.3, -0.25) is 4.79 Å². The van der Waals surface area contributed by atoms with Crippen molar-refractivity contribution in [2.75, 3.05) is 17.7 Å². The lowest BCUT2D eigenvalue weighted by atomic mass is 9.94. The number of ether oxygens (including phenoxy) is 1. The number of carbonyl (C=O) groups is 2. The maximum absolute atomic E-state index is 13.3. The quantitative estimate of drug-likeness (QED) is 0.649. The Hall–Kier alpha value is -3.94. The SMILES string of the molecule is COC(=O)c1ccc([C@@H]2C(C(=O)Nc3ccccc3C)=C(C)Nc3ncnn32)cc1. The number of aryl methyl sites for hydroxylation is 1. The Kier molecular flexibility index (Phi) is 5.05. The molecule has 8 nitrogen and oxygen atoms in total. The first-order chi connectivity index (χ1) is 14.5. The van der Waals surface area contributed by atoms with Crippen molar-refractivity contribution in [2.45, 2.75) is 19.9 Å². The van der Waals surface area contributed by atoms with Gasteiger partial charge >= 0.3 is 5.97 Å². The predicted molar refractivity (Wildman–Crippen MR) is 112 cm³/mol. The van der Waals surface area contributed by atoms with Crippen molar-refractivity contribution >= 4 is 23.5 Å². The zero-order chi connectivity index (χ0) is 21.3. The van der Waals surface area contributed by atoms with Crippen LogP contribution in [0.25, 0.3) is 0 Å². The third-order valence-electron chi connectivity index (χ3n) is 5.08. The van der Waals surface area contributed by atoms with Crippen LogP contribution in [0.1, 0.15) is 34.5 Å². The van der Waals surface area contributed by atoms with Crippen LogP contribution in [-0.2, 0) is 9.53 Å². The maximum atomic E-state index is 13.3. The Bertz CT molecular complexity index is 1150. The highest BCUT2D eigenvalue weighted by Crippen LogP contribution is 2.35. The predicted octanol–water partition coefficient (Wildman–Crippen LogP) is 3.30. The molecule has 2 aromatic carbocycles. The normalized spacial score (nSPS) is 15.2. The number of hydrogen-bond acceptors (Lipinski definition) is 6. The van der Waals surface area contributed by atoms with E-state index in [0.717, 1.165) is 16.8 Å². The van der Waals surface area contributed by atoms with Crippen molar-refractivity contribution in [1.82, 2.24) is 14.8 Å². The van der Waals surface area contributed by atoms with E-state index < -0.39 is 12.0 Å². The van der Waals surface area contributed by atoms with E-state index in [4.69, 9.17) is 4.74 Å². The van der Waals surface area contributed by atoms with Gasteiger partial charge < -0.3 is 15.4 Å². The van der Waals surface area contributed by atoms with Crippen LogP contribution < -0.4 is 10.6 Å². The Morgan fingerprint density at radius 2 is 1.83 bits per heavy atom. The van der Waals surface area contributed by atoms with E-state index in [2.05, 4.69) is 20.7 Å². The molecular formula is C22H21N5O3. The molecule has 4 rings (SSSR count). The van der Waals surface area contributed by atoms with Gasteiger partial charge in [-0.05, 0) is 43.2 Å². The number of rotatable bonds is 4. The number of esters is 1. The molecule has 0 spiro atoms. The number of nitrogens with zero attached hydrogens (tertiary/aromatic N) is 3. The number of nitrogens with one attached hydrogen (secondary N) is 2. The van der Waals surface area contributed by atoms with Crippen molar-refractivity contribution in [3.63, 3.8) is 0 Å². The minimum absolute atomic E-state index is 0.238. The highest BCUT2D eigenvalue weighted by atomic mass is 16.5. The summed E-state index contributed by atoms with van der Waals surface area (Å²) in [5, 5.41) is 10.5. The fraction of sp³-hybridized carbons (Fsp3) is 0.182. The molecule has 0 fully saturated rings. The number of anilines is 2. The van der Waals surface area contributed by atoms with Gasteiger partial charge in [0.25, 0.3) is 5.91 Å². The van der Waals surface area contributed by atoms with Gasteiger partial charge in [-0.15, -0.1) is 0 Å². The minimum Gasteiger partial charge on any atom is -0.465 e. The van der Waals surface area contributed by atoms with Crippen LogP contribution in [0.5, 0.6) is 0 Å². The van der Waals surface area contributed by atoms with Crippen LogP contribution in [-0.4, -0.2) is 33.8 Å². The molecule has 0 saturated carbocycles. The number of para-hydroxylation sites is 1. The van der Waals surface area contributed by atoms with Gasteiger partial charge in [-0.2, -0.15) is 10.1 Å². The van der Waals surface area contributed by atoms with Gasteiger partial charge in [-0.1, -0.05) is 30.3 Å². The Morgan fingerprint density at radius 1 is 1.10 bits per heavy atom. The number of aromatic nitrogens is 3. The summed E-state index contributed by atoms with van der Waals surface area (Å²) < 4.78 is 6.43. The zero-order valence-electron chi connectivity index (χ0n) is 16.8. The van der Waals surface area contributed by atoms with Crippen LogP contribution in [0.2, 0.25) is 0 Å². The lowest BCUT2D eigenvalue weighted by Crippen LogP contribution is -2.31. The number of amides is 1. The van der Waals surface area contributed by atoms with E-state index in [-0.39, 0.29) is 5.91 Å². The first-order valence-electron chi connectivity index (χ1n) is 9.42. The largest absolute Gasteiger partial charge is 0.465 e. The molecule has 1 aliphatic rings. The number of fused-ring (bicyclic) bond motifs is 1. The van der Waals surface area contributed by atoms with Gasteiger partial charge in [0, 0.05) is 11.4 Å². The highest BCUT2D eigenvalue weighted by Gasteiger charge is 2.33. The summed E-state index contributed by atoms with van der Waals surface area (Å²) in [6.45, 7) is 3.77. The van der Waals surface area contributed by atoms with E-state index >= 15 is 0 Å². The van der Waals surface area contributed by atoms with Crippen LogP contribution in [0.4, 0.5) is 11.6 Å². The topological polar surface area (TPSA) is 98.1 Å². The van der Waals surface area contributed by atoms with Crippen LogP contribution in [0.3, 0.4) is 0 Å². The van der Waals surface area contributed by atoms with Crippen molar-refractivity contribution in [1.29, 1.82) is 0 Å². The molecule has 152 valence electrons. The molecule has 0 radical (unpaired) electrons. The third kappa shape index (κ3) is 3.43. The van der Waals surface area contributed by atoms with E-state index in [9.17, 15) is 9.59 Å². The average molecular weight is 403 g/mol. The summed E-state index contributed by atoms with van der Waals surface area (Å²) in [6.07, 6.45) is 1.44. The first kappa shape index (κ1) is 19.4. The van der Waals surface area contributed by atoms with E-state index in [1.807, 2.05) is 38.1 Å². The van der Waals surface area contributed by atoms with Gasteiger partial charge in [-0.25, -0.2) is 9.48 Å². The number of benzene rings is 2. The van der Waals surface area contributed by atoms with Gasteiger partial charge in [0.2, 0.25) is 5.95 Å².